The van der Waals surface area contributed by atoms with Gasteiger partial charge in [-0.05, 0) is 48.0 Å². The summed E-state index contributed by atoms with van der Waals surface area (Å²) in [5.74, 6) is -1.30. The third-order valence-corrected chi connectivity index (χ3v) is 3.86. The molecule has 0 aliphatic carbocycles. The molecule has 2 rings (SSSR count). The molecule has 0 fully saturated rings. The first-order valence-corrected chi connectivity index (χ1v) is 6.95. The molecule has 0 aliphatic heterocycles. The minimum Gasteiger partial charge on any atom is -0.478 e. The summed E-state index contributed by atoms with van der Waals surface area (Å²) in [6.45, 7) is 3.59. The Labute approximate surface area is 129 Å². The molecule has 0 saturated carbocycles. The maximum absolute atomic E-state index is 12.3. The van der Waals surface area contributed by atoms with E-state index in [0.29, 0.717) is 21.4 Å². The first-order chi connectivity index (χ1) is 9.81. The predicted molar refractivity (Wildman–Crippen MR) is 81.7 cm³/mol. The number of hydrogen-bond acceptors (Lipinski definition) is 3. The van der Waals surface area contributed by atoms with Gasteiger partial charge in [0.15, 0.2) is 0 Å². The van der Waals surface area contributed by atoms with Crippen molar-refractivity contribution < 1.29 is 14.7 Å². The Bertz CT molecular complexity index is 737. The molecule has 0 unspecified atom stereocenters. The number of halogens is 1. The molecule has 6 nitrogen and oxygen atoms in total. The van der Waals surface area contributed by atoms with Crippen LogP contribution in [0, 0.1) is 13.8 Å². The standard InChI is InChI=1S/C14H14BrN3O3/c1-7-12(8(2)18(3)17-7)13(19)16-11-5-4-9(14(20)21)6-10(11)15/h4-6H,1-3H3,(H,16,19)(H,20,21). The molecule has 1 heterocycles. The third-order valence-electron chi connectivity index (χ3n) is 3.20. The normalized spacial score (nSPS) is 10.5. The van der Waals surface area contributed by atoms with Gasteiger partial charge < -0.3 is 10.4 Å². The van der Waals surface area contributed by atoms with Crippen molar-refractivity contribution in [2.75, 3.05) is 5.32 Å². The Balaban J connectivity index is 2.30. The number of nitrogens with zero attached hydrogens (tertiary/aromatic N) is 2. The molecular weight excluding hydrogens is 338 g/mol. The predicted octanol–water partition coefficient (Wildman–Crippen LogP) is 2.75. The fraction of sp³-hybridized carbons (Fsp3) is 0.214. The summed E-state index contributed by atoms with van der Waals surface area (Å²) in [6.07, 6.45) is 0. The molecule has 0 bridgehead atoms. The second-order valence-electron chi connectivity index (χ2n) is 4.62. The lowest BCUT2D eigenvalue weighted by atomic mass is 10.1. The number of hydrogen-bond donors (Lipinski definition) is 2. The second kappa shape index (κ2) is 5.69. The third kappa shape index (κ3) is 2.97. The molecule has 0 spiro atoms. The Kier molecular flexibility index (Phi) is 4.13. The van der Waals surface area contributed by atoms with Crippen molar-refractivity contribution in [3.63, 3.8) is 0 Å². The molecule has 2 aromatic rings. The number of carboxylic acid groups (broad SMARTS) is 1. The van der Waals surface area contributed by atoms with Gasteiger partial charge in [-0.3, -0.25) is 9.48 Å². The van der Waals surface area contributed by atoms with Crippen LogP contribution < -0.4 is 5.32 Å². The van der Waals surface area contributed by atoms with E-state index in [9.17, 15) is 9.59 Å². The number of carbonyl (C=O) groups excluding carboxylic acids is 1. The van der Waals surface area contributed by atoms with Crippen LogP contribution >= 0.6 is 15.9 Å². The Morgan fingerprint density at radius 3 is 2.48 bits per heavy atom. The van der Waals surface area contributed by atoms with Gasteiger partial charge in [-0.15, -0.1) is 0 Å². The zero-order valence-electron chi connectivity index (χ0n) is 11.8. The number of benzene rings is 1. The molecule has 1 aromatic carbocycles. The molecule has 0 atom stereocenters. The van der Waals surface area contributed by atoms with E-state index >= 15 is 0 Å². The number of aryl methyl sites for hydroxylation is 2. The van der Waals surface area contributed by atoms with Crippen molar-refractivity contribution in [2.24, 2.45) is 7.05 Å². The molecule has 0 saturated heterocycles. The number of aromatic nitrogens is 2. The first-order valence-electron chi connectivity index (χ1n) is 6.15. The van der Waals surface area contributed by atoms with Crippen molar-refractivity contribution >= 4 is 33.5 Å². The van der Waals surface area contributed by atoms with Crippen LogP contribution in [0.15, 0.2) is 22.7 Å². The SMILES string of the molecule is Cc1nn(C)c(C)c1C(=O)Nc1ccc(C(=O)O)cc1Br. The number of carbonyl (C=O) groups is 2. The number of nitrogens with one attached hydrogen (secondary N) is 1. The van der Waals surface area contributed by atoms with E-state index in [2.05, 4.69) is 26.3 Å². The molecule has 21 heavy (non-hydrogen) atoms. The van der Waals surface area contributed by atoms with Crippen molar-refractivity contribution in [1.29, 1.82) is 0 Å². The van der Waals surface area contributed by atoms with Gasteiger partial charge in [-0.25, -0.2) is 4.79 Å². The smallest absolute Gasteiger partial charge is 0.335 e. The Hall–Kier alpha value is -2.15. The largest absolute Gasteiger partial charge is 0.478 e. The molecule has 0 radical (unpaired) electrons. The maximum atomic E-state index is 12.3. The number of carboxylic acids is 1. The van der Waals surface area contributed by atoms with Crippen LogP contribution in [-0.2, 0) is 7.05 Å². The van der Waals surface area contributed by atoms with Gasteiger partial charge in [-0.1, -0.05) is 0 Å². The maximum Gasteiger partial charge on any atom is 0.335 e. The van der Waals surface area contributed by atoms with Crippen LogP contribution in [0.4, 0.5) is 5.69 Å². The summed E-state index contributed by atoms with van der Waals surface area (Å²) < 4.78 is 2.15. The van der Waals surface area contributed by atoms with E-state index in [1.165, 1.54) is 12.1 Å². The van der Waals surface area contributed by atoms with Gasteiger partial charge in [0.1, 0.15) is 0 Å². The lowest BCUT2D eigenvalue weighted by molar-refractivity contribution is 0.0696. The summed E-state index contributed by atoms with van der Waals surface area (Å²) in [6, 6.07) is 4.43. The van der Waals surface area contributed by atoms with Crippen LogP contribution in [0.5, 0.6) is 0 Å². The molecule has 1 aromatic heterocycles. The molecule has 0 aliphatic rings. The molecule has 1 amide bonds. The minimum absolute atomic E-state index is 0.147. The van der Waals surface area contributed by atoms with Gasteiger partial charge in [0.2, 0.25) is 0 Å². The van der Waals surface area contributed by atoms with Crippen molar-refractivity contribution in [1.82, 2.24) is 9.78 Å². The van der Waals surface area contributed by atoms with Crippen LogP contribution in [0.25, 0.3) is 0 Å². The van der Waals surface area contributed by atoms with Gasteiger partial charge in [0.05, 0.1) is 22.5 Å². The fourth-order valence-electron chi connectivity index (χ4n) is 2.04. The highest BCUT2D eigenvalue weighted by Crippen LogP contribution is 2.25. The topological polar surface area (TPSA) is 84.2 Å². The van der Waals surface area contributed by atoms with Crippen molar-refractivity contribution in [3.05, 3.63) is 45.2 Å². The summed E-state index contributed by atoms with van der Waals surface area (Å²) >= 11 is 3.26. The number of aromatic carboxylic acids is 1. The Morgan fingerprint density at radius 2 is 2.00 bits per heavy atom. The quantitative estimate of drug-likeness (QED) is 0.890. The highest BCUT2D eigenvalue weighted by atomic mass is 79.9. The zero-order valence-corrected chi connectivity index (χ0v) is 13.4. The van der Waals surface area contributed by atoms with E-state index in [4.69, 9.17) is 5.11 Å². The second-order valence-corrected chi connectivity index (χ2v) is 5.48. The highest BCUT2D eigenvalue weighted by molar-refractivity contribution is 9.10. The van der Waals surface area contributed by atoms with Crippen molar-refractivity contribution in [2.45, 2.75) is 13.8 Å². The minimum atomic E-state index is -1.02. The number of anilines is 1. The highest BCUT2D eigenvalue weighted by Gasteiger charge is 2.18. The fourth-order valence-corrected chi connectivity index (χ4v) is 2.51. The monoisotopic (exact) mass is 351 g/mol. The molecule has 110 valence electrons. The average molecular weight is 352 g/mol. The first kappa shape index (κ1) is 15.2. The lowest BCUT2D eigenvalue weighted by Gasteiger charge is -2.08. The summed E-state index contributed by atoms with van der Waals surface area (Å²) in [4.78, 5) is 23.2. The molecule has 2 N–H and O–H groups in total. The van der Waals surface area contributed by atoms with E-state index in [1.54, 1.807) is 24.7 Å². The van der Waals surface area contributed by atoms with Crippen LogP contribution in [0.1, 0.15) is 32.1 Å². The van der Waals surface area contributed by atoms with Crippen LogP contribution in [0.3, 0.4) is 0 Å². The lowest BCUT2D eigenvalue weighted by Crippen LogP contribution is -2.14. The van der Waals surface area contributed by atoms with E-state index < -0.39 is 5.97 Å². The van der Waals surface area contributed by atoms with Crippen molar-refractivity contribution in [3.8, 4) is 0 Å². The number of amides is 1. The number of rotatable bonds is 3. The summed E-state index contributed by atoms with van der Waals surface area (Å²) in [5, 5.41) is 15.9. The van der Waals surface area contributed by atoms with E-state index in [0.717, 1.165) is 5.69 Å². The summed E-state index contributed by atoms with van der Waals surface area (Å²) in [5.41, 5.74) is 2.59. The van der Waals surface area contributed by atoms with Crippen LogP contribution in [-0.4, -0.2) is 26.8 Å². The average Bonchev–Trinajstić information content (AvgIpc) is 2.65. The van der Waals surface area contributed by atoms with Gasteiger partial charge >= 0.3 is 5.97 Å². The van der Waals surface area contributed by atoms with Crippen LogP contribution in [0.2, 0.25) is 0 Å². The Morgan fingerprint density at radius 1 is 1.33 bits per heavy atom. The van der Waals surface area contributed by atoms with Gasteiger partial charge in [-0.2, -0.15) is 5.10 Å². The van der Waals surface area contributed by atoms with Gasteiger partial charge in [0, 0.05) is 17.2 Å². The zero-order chi connectivity index (χ0) is 15.7. The molecule has 7 heteroatoms. The van der Waals surface area contributed by atoms with Gasteiger partial charge in [0.25, 0.3) is 5.91 Å². The summed E-state index contributed by atoms with van der Waals surface area (Å²) in [7, 11) is 1.77. The molecular formula is C14H14BrN3O3. The van der Waals surface area contributed by atoms with E-state index in [1.807, 2.05) is 6.92 Å². The van der Waals surface area contributed by atoms with E-state index in [-0.39, 0.29) is 11.5 Å².